The molecule has 0 aromatic rings. The highest BCUT2D eigenvalue weighted by Crippen LogP contribution is 2.34. The van der Waals surface area contributed by atoms with Gasteiger partial charge in [0.05, 0.1) is 33.8 Å². The Morgan fingerprint density at radius 3 is 2.39 bits per heavy atom. The highest BCUT2D eigenvalue weighted by Gasteiger charge is 2.40. The van der Waals surface area contributed by atoms with E-state index in [-0.39, 0.29) is 24.6 Å². The third kappa shape index (κ3) is 10.9. The van der Waals surface area contributed by atoms with Crippen molar-refractivity contribution in [2.45, 2.75) is 97.8 Å². The molecular formula is C27H48NO5+. The van der Waals surface area contributed by atoms with Crippen molar-refractivity contribution in [2.75, 3.05) is 34.4 Å². The molecule has 1 fully saturated rings. The van der Waals surface area contributed by atoms with Crippen molar-refractivity contribution in [3.8, 4) is 0 Å². The first kappa shape index (κ1) is 29.4. The molecule has 0 aromatic heterocycles. The molecule has 6 nitrogen and oxygen atoms in total. The third-order valence-corrected chi connectivity index (χ3v) is 6.71. The number of carbonyl (C=O) groups excluding carboxylic acids is 2. The fourth-order valence-corrected chi connectivity index (χ4v) is 4.74. The Balaban J connectivity index is 2.84. The van der Waals surface area contributed by atoms with Gasteiger partial charge in [0.1, 0.15) is 18.3 Å². The van der Waals surface area contributed by atoms with Gasteiger partial charge in [-0.15, -0.1) is 0 Å². The predicted molar refractivity (Wildman–Crippen MR) is 133 cm³/mol. The van der Waals surface area contributed by atoms with Gasteiger partial charge in [-0.3, -0.25) is 9.59 Å². The molecule has 0 radical (unpaired) electrons. The minimum Gasteiger partial charge on any atom is -0.462 e. The van der Waals surface area contributed by atoms with Gasteiger partial charge in [0.15, 0.2) is 0 Å². The van der Waals surface area contributed by atoms with Crippen molar-refractivity contribution in [3.63, 3.8) is 0 Å². The molecule has 1 rings (SSSR count). The smallest absolute Gasteiger partial charge is 0.303 e. The summed E-state index contributed by atoms with van der Waals surface area (Å²) in [4.78, 5) is 22.8. The summed E-state index contributed by atoms with van der Waals surface area (Å²) in [5.74, 6) is -0.0152. The molecule has 0 bridgehead atoms. The molecule has 0 aliphatic carbocycles. The van der Waals surface area contributed by atoms with Crippen LogP contribution in [0, 0.1) is 5.92 Å². The Labute approximate surface area is 201 Å². The maximum atomic E-state index is 11.8. The normalized spacial score (nSPS) is 24.5. The van der Waals surface area contributed by atoms with Crippen molar-refractivity contribution < 1.29 is 28.3 Å². The van der Waals surface area contributed by atoms with Crippen LogP contribution in [0.3, 0.4) is 0 Å². The number of nitrogens with zero attached hydrogens (tertiary/aromatic N) is 1. The minimum atomic E-state index is -0.533. The van der Waals surface area contributed by atoms with E-state index in [1.165, 1.54) is 19.4 Å². The fourth-order valence-electron chi connectivity index (χ4n) is 4.74. The number of hydrogen-bond donors (Lipinski definition) is 0. The lowest BCUT2D eigenvalue weighted by molar-refractivity contribution is -0.899. The van der Waals surface area contributed by atoms with Crippen LogP contribution in [-0.4, -0.2) is 68.5 Å². The molecule has 0 saturated carbocycles. The lowest BCUT2D eigenvalue weighted by Gasteiger charge is -2.39. The van der Waals surface area contributed by atoms with E-state index < -0.39 is 5.60 Å². The largest absolute Gasteiger partial charge is 0.462 e. The summed E-state index contributed by atoms with van der Waals surface area (Å²) in [5.41, 5.74) is 1.91. The number of esters is 2. The number of allylic oxidation sites excluding steroid dienone is 1. The summed E-state index contributed by atoms with van der Waals surface area (Å²) in [5, 5.41) is 0. The number of carbonyl (C=O) groups is 2. The SMILES string of the molecule is CC(=O)OC/C=C1\CC[C@@H](OC(C)=O)[C@](C)(CCCC(C)C(CC=C(C)C)[N+](C)(C)C)OC1. The Morgan fingerprint density at radius 1 is 1.18 bits per heavy atom. The van der Waals surface area contributed by atoms with Crippen LogP contribution in [0.5, 0.6) is 0 Å². The summed E-state index contributed by atoms with van der Waals surface area (Å²) in [6, 6.07) is 0.544. The van der Waals surface area contributed by atoms with Crippen LogP contribution < -0.4 is 0 Å². The summed E-state index contributed by atoms with van der Waals surface area (Å²) in [6.07, 6.45) is 9.45. The zero-order chi connectivity index (χ0) is 25.2. The Hall–Kier alpha value is -1.66. The van der Waals surface area contributed by atoms with E-state index in [0.717, 1.165) is 42.2 Å². The van der Waals surface area contributed by atoms with Crippen molar-refractivity contribution in [2.24, 2.45) is 5.92 Å². The molecule has 1 aliphatic rings. The van der Waals surface area contributed by atoms with Crippen LogP contribution in [-0.2, 0) is 23.8 Å². The van der Waals surface area contributed by atoms with E-state index in [4.69, 9.17) is 14.2 Å². The Morgan fingerprint density at radius 2 is 1.85 bits per heavy atom. The number of quaternary nitrogens is 1. The van der Waals surface area contributed by atoms with Crippen LogP contribution in [0.1, 0.15) is 80.1 Å². The lowest BCUT2D eigenvalue weighted by Crippen LogP contribution is -2.48. The number of ether oxygens (including phenoxy) is 3. The van der Waals surface area contributed by atoms with Crippen molar-refractivity contribution in [1.82, 2.24) is 0 Å². The summed E-state index contributed by atoms with van der Waals surface area (Å²) in [7, 11) is 6.82. The monoisotopic (exact) mass is 466 g/mol. The average molecular weight is 467 g/mol. The van der Waals surface area contributed by atoms with Crippen LogP contribution in [0.2, 0.25) is 0 Å². The molecule has 190 valence electrons. The predicted octanol–water partition coefficient (Wildman–Crippen LogP) is 5.21. The Bertz CT molecular complexity index is 702. The van der Waals surface area contributed by atoms with E-state index in [1.807, 2.05) is 6.08 Å². The average Bonchev–Trinajstić information content (AvgIpc) is 2.80. The second-order valence-corrected chi connectivity index (χ2v) is 11.0. The number of hydrogen-bond acceptors (Lipinski definition) is 5. The number of rotatable bonds is 11. The topological polar surface area (TPSA) is 61.8 Å². The molecule has 4 atom stereocenters. The molecular weight excluding hydrogens is 418 g/mol. The van der Waals surface area contributed by atoms with E-state index in [2.05, 4.69) is 54.9 Å². The maximum Gasteiger partial charge on any atom is 0.303 e. The van der Waals surface area contributed by atoms with Gasteiger partial charge < -0.3 is 18.7 Å². The van der Waals surface area contributed by atoms with Gasteiger partial charge in [-0.1, -0.05) is 18.6 Å². The van der Waals surface area contributed by atoms with Gasteiger partial charge in [0.2, 0.25) is 0 Å². The van der Waals surface area contributed by atoms with E-state index >= 15 is 0 Å². The van der Waals surface area contributed by atoms with Gasteiger partial charge in [0, 0.05) is 26.2 Å². The van der Waals surface area contributed by atoms with Crippen LogP contribution >= 0.6 is 0 Å². The maximum absolute atomic E-state index is 11.8. The molecule has 0 spiro atoms. The molecule has 0 amide bonds. The van der Waals surface area contributed by atoms with Crippen molar-refractivity contribution in [1.29, 1.82) is 0 Å². The second-order valence-electron chi connectivity index (χ2n) is 11.0. The molecule has 1 saturated heterocycles. The summed E-state index contributed by atoms with van der Waals surface area (Å²) >= 11 is 0. The van der Waals surface area contributed by atoms with E-state index in [1.54, 1.807) is 0 Å². The lowest BCUT2D eigenvalue weighted by atomic mass is 9.85. The van der Waals surface area contributed by atoms with Gasteiger partial charge in [-0.2, -0.15) is 0 Å². The fraction of sp³-hybridized carbons (Fsp3) is 0.778. The highest BCUT2D eigenvalue weighted by molar-refractivity contribution is 5.66. The quantitative estimate of drug-likeness (QED) is 0.237. The molecule has 1 heterocycles. The minimum absolute atomic E-state index is 0.249. The molecule has 0 N–H and O–H groups in total. The Kier molecular flexibility index (Phi) is 11.8. The van der Waals surface area contributed by atoms with Crippen LogP contribution in [0.4, 0.5) is 0 Å². The van der Waals surface area contributed by atoms with Crippen molar-refractivity contribution in [3.05, 3.63) is 23.3 Å². The van der Waals surface area contributed by atoms with E-state index in [9.17, 15) is 9.59 Å². The molecule has 33 heavy (non-hydrogen) atoms. The second kappa shape index (κ2) is 13.3. The molecule has 0 aromatic carbocycles. The zero-order valence-electron chi connectivity index (χ0n) is 22.5. The summed E-state index contributed by atoms with van der Waals surface area (Å²) < 4.78 is 18.1. The van der Waals surface area contributed by atoms with E-state index in [0.29, 0.717) is 25.0 Å². The van der Waals surface area contributed by atoms with Gasteiger partial charge in [-0.25, -0.2) is 0 Å². The highest BCUT2D eigenvalue weighted by atomic mass is 16.6. The first-order valence-corrected chi connectivity index (χ1v) is 12.3. The van der Waals surface area contributed by atoms with Crippen molar-refractivity contribution >= 4 is 11.9 Å². The molecule has 2 unspecified atom stereocenters. The van der Waals surface area contributed by atoms with Gasteiger partial charge in [-0.05, 0) is 64.5 Å². The van der Waals surface area contributed by atoms with Crippen LogP contribution in [0.15, 0.2) is 23.3 Å². The first-order chi connectivity index (χ1) is 15.2. The standard InChI is InChI=1S/C27H48NO5/c1-20(2)12-14-25(28(7,8)9)21(3)11-10-17-27(6)26(33-23(5)30)15-13-24(19-32-27)16-18-31-22(4)29/h12,16,21,25-26H,10-11,13-15,17-19H2,1-9H3/q+1/b24-16+/t21?,25?,26-,27+/m1/s1. The zero-order valence-corrected chi connectivity index (χ0v) is 22.5. The summed E-state index contributed by atoms with van der Waals surface area (Å²) in [6.45, 7) is 12.3. The van der Waals surface area contributed by atoms with Gasteiger partial charge >= 0.3 is 11.9 Å². The van der Waals surface area contributed by atoms with Crippen LogP contribution in [0.25, 0.3) is 0 Å². The third-order valence-electron chi connectivity index (χ3n) is 6.71. The molecule has 6 heteroatoms. The molecule has 1 aliphatic heterocycles. The van der Waals surface area contributed by atoms with Gasteiger partial charge in [0.25, 0.3) is 0 Å². The first-order valence-electron chi connectivity index (χ1n) is 12.3.